The van der Waals surface area contributed by atoms with E-state index in [0.29, 0.717) is 15.8 Å². The van der Waals surface area contributed by atoms with Gasteiger partial charge in [-0.05, 0) is 36.0 Å². The summed E-state index contributed by atoms with van der Waals surface area (Å²) in [6, 6.07) is 17.3. The van der Waals surface area contributed by atoms with Gasteiger partial charge in [0.25, 0.3) is 5.91 Å². The lowest BCUT2D eigenvalue weighted by Crippen LogP contribution is -2.44. The molecule has 0 spiro atoms. The summed E-state index contributed by atoms with van der Waals surface area (Å²) < 4.78 is 0. The molecule has 1 fully saturated rings. The smallest absolute Gasteiger partial charge is 0.288 e. The summed E-state index contributed by atoms with van der Waals surface area (Å²) in [5, 5.41) is 2.48. The van der Waals surface area contributed by atoms with Gasteiger partial charge in [0.05, 0.1) is 16.4 Å². The second-order valence-corrected chi connectivity index (χ2v) is 7.91. The number of anilines is 1. The topological polar surface area (TPSA) is 65.0 Å². The van der Waals surface area contributed by atoms with Crippen molar-refractivity contribution in [2.24, 2.45) is 4.99 Å². The number of hydrazine groups is 1. The molecule has 2 amide bonds. The van der Waals surface area contributed by atoms with E-state index in [2.05, 4.69) is 10.4 Å². The predicted molar refractivity (Wildman–Crippen MR) is 110 cm³/mol. The van der Waals surface area contributed by atoms with E-state index < -0.39 is 0 Å². The Morgan fingerprint density at radius 1 is 1.04 bits per heavy atom. The van der Waals surface area contributed by atoms with Crippen molar-refractivity contribution < 1.29 is 9.59 Å². The molecule has 0 aromatic heterocycles. The molecule has 0 bridgehead atoms. The van der Waals surface area contributed by atoms with E-state index in [-0.39, 0.29) is 11.8 Å². The summed E-state index contributed by atoms with van der Waals surface area (Å²) in [5.41, 5.74) is 4.35. The quantitative estimate of drug-likeness (QED) is 0.784. The van der Waals surface area contributed by atoms with Crippen LogP contribution in [0.5, 0.6) is 0 Å². The maximum Gasteiger partial charge on any atom is 0.288 e. The number of benzene rings is 2. The van der Waals surface area contributed by atoms with Crippen molar-refractivity contribution >= 4 is 51.9 Å². The Labute approximate surface area is 165 Å². The van der Waals surface area contributed by atoms with Crippen LogP contribution in [0, 0.1) is 0 Å². The van der Waals surface area contributed by atoms with E-state index in [0.717, 1.165) is 15.6 Å². The van der Waals surface area contributed by atoms with Gasteiger partial charge in [0.1, 0.15) is 4.91 Å². The molecule has 6 nitrogen and oxygen atoms in total. The molecule has 4 rings (SSSR count). The van der Waals surface area contributed by atoms with Gasteiger partial charge in [-0.3, -0.25) is 15.0 Å². The van der Waals surface area contributed by atoms with E-state index in [1.165, 1.54) is 23.7 Å². The van der Waals surface area contributed by atoms with Gasteiger partial charge >= 0.3 is 0 Å². The number of aliphatic imine (C=N–C) groups is 1. The van der Waals surface area contributed by atoms with Crippen molar-refractivity contribution in [3.8, 4) is 0 Å². The lowest BCUT2D eigenvalue weighted by molar-refractivity contribution is -0.132. The Morgan fingerprint density at radius 2 is 1.74 bits per heavy atom. The number of amidine groups is 1. The van der Waals surface area contributed by atoms with Gasteiger partial charge in [0.2, 0.25) is 5.91 Å². The number of nitrogens with one attached hydrogen (secondary N) is 1. The molecule has 1 saturated heterocycles. The lowest BCUT2D eigenvalue weighted by atomic mass is 10.3. The number of para-hydroxylation sites is 2. The number of carbonyl (C=O) groups is 2. The first-order valence-electron chi connectivity index (χ1n) is 8.23. The molecule has 136 valence electrons. The van der Waals surface area contributed by atoms with Crippen LogP contribution in [-0.4, -0.2) is 29.0 Å². The minimum atomic E-state index is -0.327. The van der Waals surface area contributed by atoms with Crippen LogP contribution in [-0.2, 0) is 9.59 Å². The van der Waals surface area contributed by atoms with Gasteiger partial charge in [0, 0.05) is 18.9 Å². The summed E-state index contributed by atoms with van der Waals surface area (Å²) in [4.78, 5) is 32.8. The molecule has 2 aliphatic rings. The lowest BCUT2D eigenvalue weighted by Gasteiger charge is -2.16. The third kappa shape index (κ3) is 3.33. The Hall–Kier alpha value is -2.71. The molecule has 2 heterocycles. The van der Waals surface area contributed by atoms with Crippen molar-refractivity contribution in [2.75, 3.05) is 11.9 Å². The van der Waals surface area contributed by atoms with Gasteiger partial charge in [-0.15, -0.1) is 0 Å². The number of thioether (sulfide) groups is 2. The third-order valence-corrected chi connectivity index (χ3v) is 6.36. The highest BCUT2D eigenvalue weighted by Crippen LogP contribution is 2.49. The van der Waals surface area contributed by atoms with Crippen LogP contribution in [0.4, 0.5) is 11.4 Å². The molecule has 0 aliphatic carbocycles. The van der Waals surface area contributed by atoms with Crippen LogP contribution < -0.4 is 10.3 Å². The number of fused-ring (bicyclic) bond motifs is 1. The van der Waals surface area contributed by atoms with Crippen molar-refractivity contribution in [3.05, 3.63) is 64.5 Å². The molecule has 2 aromatic rings. The van der Waals surface area contributed by atoms with Gasteiger partial charge in [-0.25, -0.2) is 4.99 Å². The Balaban J connectivity index is 1.75. The zero-order chi connectivity index (χ0) is 19.0. The number of nitrogens with zero attached hydrogens (tertiary/aromatic N) is 3. The maximum atomic E-state index is 13.0. The van der Waals surface area contributed by atoms with Gasteiger partial charge in [-0.1, -0.05) is 42.1 Å². The average Bonchev–Trinajstić information content (AvgIpc) is 3.14. The van der Waals surface area contributed by atoms with Gasteiger partial charge in [-0.2, -0.15) is 5.01 Å². The average molecular weight is 396 g/mol. The second-order valence-electron chi connectivity index (χ2n) is 5.90. The summed E-state index contributed by atoms with van der Waals surface area (Å²) in [5.74, 6) is -0.612. The first kappa shape index (κ1) is 17.7. The Morgan fingerprint density at radius 3 is 2.44 bits per heavy atom. The molecule has 0 unspecified atom stereocenters. The first-order chi connectivity index (χ1) is 13.0. The van der Waals surface area contributed by atoms with E-state index in [1.807, 2.05) is 66.5 Å². The third-order valence-electron chi connectivity index (χ3n) is 3.96. The number of amides is 2. The summed E-state index contributed by atoms with van der Waals surface area (Å²) in [7, 11) is 1.93. The Kier molecular flexibility index (Phi) is 4.67. The van der Waals surface area contributed by atoms with E-state index in [9.17, 15) is 9.59 Å². The second kappa shape index (κ2) is 7.13. The molecule has 2 aliphatic heterocycles. The largest absolute Gasteiger partial charge is 0.337 e. The highest BCUT2D eigenvalue weighted by molar-refractivity contribution is 8.19. The normalized spacial score (nSPS) is 20.4. The van der Waals surface area contributed by atoms with Crippen molar-refractivity contribution in [1.29, 1.82) is 0 Å². The van der Waals surface area contributed by atoms with Crippen LogP contribution in [0.1, 0.15) is 6.92 Å². The van der Waals surface area contributed by atoms with E-state index in [1.54, 1.807) is 11.8 Å². The maximum absolute atomic E-state index is 13.0. The molecule has 0 saturated carbocycles. The van der Waals surface area contributed by atoms with Crippen LogP contribution >= 0.6 is 23.5 Å². The number of hydrogen-bond donors (Lipinski definition) is 1. The SMILES string of the molecule is CC(=O)NN1C(=O)C(=C2Sc3ccccc3N2C)SC1=Nc1ccccc1. The first-order valence-corrected chi connectivity index (χ1v) is 9.86. The molecular weight excluding hydrogens is 380 g/mol. The Bertz CT molecular complexity index is 988. The fourth-order valence-corrected chi connectivity index (χ4v) is 5.03. The molecule has 2 aromatic carbocycles. The van der Waals surface area contributed by atoms with Crippen molar-refractivity contribution in [1.82, 2.24) is 10.4 Å². The zero-order valence-corrected chi connectivity index (χ0v) is 16.3. The highest BCUT2D eigenvalue weighted by atomic mass is 32.2. The van der Waals surface area contributed by atoms with Crippen LogP contribution in [0.3, 0.4) is 0 Å². The zero-order valence-electron chi connectivity index (χ0n) is 14.7. The minimum absolute atomic E-state index is 0.285. The predicted octanol–water partition coefficient (Wildman–Crippen LogP) is 3.71. The highest BCUT2D eigenvalue weighted by Gasteiger charge is 2.39. The summed E-state index contributed by atoms with van der Waals surface area (Å²) >= 11 is 2.81. The molecule has 1 N–H and O–H groups in total. The fraction of sp³-hybridized carbons (Fsp3) is 0.105. The number of rotatable bonds is 2. The fourth-order valence-electron chi connectivity index (χ4n) is 2.75. The minimum Gasteiger partial charge on any atom is -0.337 e. The van der Waals surface area contributed by atoms with Crippen LogP contribution in [0.15, 0.2) is 74.4 Å². The van der Waals surface area contributed by atoms with Crippen LogP contribution in [0.25, 0.3) is 0 Å². The van der Waals surface area contributed by atoms with Gasteiger partial charge in [0.15, 0.2) is 5.17 Å². The van der Waals surface area contributed by atoms with E-state index >= 15 is 0 Å². The molecule has 27 heavy (non-hydrogen) atoms. The van der Waals surface area contributed by atoms with Gasteiger partial charge < -0.3 is 4.90 Å². The molecule has 8 heteroatoms. The summed E-state index contributed by atoms with van der Waals surface area (Å²) in [6.07, 6.45) is 0. The molecule has 0 radical (unpaired) electrons. The van der Waals surface area contributed by atoms with Crippen LogP contribution in [0.2, 0.25) is 0 Å². The molecular formula is C19H16N4O2S2. The number of carbonyl (C=O) groups excluding carboxylic acids is 2. The molecule has 0 atom stereocenters. The summed E-state index contributed by atoms with van der Waals surface area (Å²) in [6.45, 7) is 1.37. The monoisotopic (exact) mass is 396 g/mol. The van der Waals surface area contributed by atoms with Crippen molar-refractivity contribution in [3.63, 3.8) is 0 Å². The number of hydrogen-bond acceptors (Lipinski definition) is 6. The van der Waals surface area contributed by atoms with Crippen molar-refractivity contribution in [2.45, 2.75) is 11.8 Å². The van der Waals surface area contributed by atoms with E-state index in [4.69, 9.17) is 0 Å². The standard InChI is InChI=1S/C19H16N4O2S2/c1-12(24)21-23-17(25)16(27-19(23)20-13-8-4-3-5-9-13)18-22(2)14-10-6-7-11-15(14)26-18/h3-11H,1-2H3,(H,21,24).